The maximum atomic E-state index is 13.4. The lowest BCUT2D eigenvalue weighted by molar-refractivity contribution is 0.0129. The van der Waals surface area contributed by atoms with Crippen molar-refractivity contribution in [1.29, 1.82) is 0 Å². The van der Waals surface area contributed by atoms with E-state index in [0.717, 1.165) is 5.69 Å². The Hall–Kier alpha value is -2.12. The van der Waals surface area contributed by atoms with Crippen LogP contribution in [-0.4, -0.2) is 44.6 Å². The Morgan fingerprint density at radius 2 is 2.15 bits per heavy atom. The smallest absolute Gasteiger partial charge is 0.410 e. The van der Waals surface area contributed by atoms with Gasteiger partial charge >= 0.3 is 6.09 Å². The zero-order valence-electron chi connectivity index (χ0n) is 14.9. The van der Waals surface area contributed by atoms with Crippen LogP contribution in [0.4, 0.5) is 9.18 Å². The molecule has 1 amide bonds. The molecule has 1 aliphatic rings. The zero-order chi connectivity index (χ0) is 19.1. The molecule has 1 N–H and O–H groups in total. The lowest BCUT2D eigenvalue weighted by atomic mass is 10.1. The van der Waals surface area contributed by atoms with Crippen LogP contribution in [0.2, 0.25) is 5.02 Å². The molecule has 0 aliphatic carbocycles. The highest BCUT2D eigenvalue weighted by Gasteiger charge is 2.32. The van der Waals surface area contributed by atoms with Crippen LogP contribution in [0.1, 0.15) is 32.5 Å². The van der Waals surface area contributed by atoms with Crippen molar-refractivity contribution in [1.82, 2.24) is 14.7 Å². The van der Waals surface area contributed by atoms with E-state index in [1.54, 1.807) is 36.4 Å². The maximum absolute atomic E-state index is 13.4. The summed E-state index contributed by atoms with van der Waals surface area (Å²) in [6.07, 6.45) is -0.435. The third kappa shape index (κ3) is 3.83. The van der Waals surface area contributed by atoms with Gasteiger partial charge in [0.1, 0.15) is 11.4 Å². The van der Waals surface area contributed by atoms with Crippen LogP contribution in [0.25, 0.3) is 11.3 Å². The van der Waals surface area contributed by atoms with E-state index in [4.69, 9.17) is 16.3 Å². The Morgan fingerprint density at radius 1 is 1.42 bits per heavy atom. The molecule has 1 atom stereocenters. The van der Waals surface area contributed by atoms with E-state index < -0.39 is 17.5 Å². The van der Waals surface area contributed by atoms with Crippen molar-refractivity contribution < 1.29 is 19.0 Å². The number of benzene rings is 1. The van der Waals surface area contributed by atoms with Gasteiger partial charge in [-0.2, -0.15) is 5.10 Å². The second-order valence-corrected chi connectivity index (χ2v) is 7.70. The predicted octanol–water partition coefficient (Wildman–Crippen LogP) is 3.63. The summed E-state index contributed by atoms with van der Waals surface area (Å²) in [5.74, 6) is -0.497. The lowest BCUT2D eigenvalue weighted by Crippen LogP contribution is -2.44. The van der Waals surface area contributed by atoms with Crippen LogP contribution in [0.15, 0.2) is 24.3 Å². The molecule has 1 aliphatic heterocycles. The SMILES string of the molecule is CC(C)(C)OC(=O)N1Cc2cc(-c3ccc(F)c(Cl)c3)nn2C(CO)C1. The summed E-state index contributed by atoms with van der Waals surface area (Å²) in [7, 11) is 0. The van der Waals surface area contributed by atoms with Crippen molar-refractivity contribution in [2.75, 3.05) is 13.2 Å². The van der Waals surface area contributed by atoms with Crippen LogP contribution in [0.5, 0.6) is 0 Å². The van der Waals surface area contributed by atoms with Gasteiger partial charge in [-0.15, -0.1) is 0 Å². The van der Waals surface area contributed by atoms with E-state index in [0.29, 0.717) is 24.3 Å². The summed E-state index contributed by atoms with van der Waals surface area (Å²) in [6, 6.07) is 5.81. The normalized spacial score (nSPS) is 17.2. The Morgan fingerprint density at radius 3 is 2.77 bits per heavy atom. The number of aromatic nitrogens is 2. The number of nitrogens with zero attached hydrogens (tertiary/aromatic N) is 3. The van der Waals surface area contributed by atoms with E-state index >= 15 is 0 Å². The highest BCUT2D eigenvalue weighted by atomic mass is 35.5. The number of aliphatic hydroxyl groups is 1. The summed E-state index contributed by atoms with van der Waals surface area (Å²) in [4.78, 5) is 13.9. The first-order valence-electron chi connectivity index (χ1n) is 8.30. The number of rotatable bonds is 2. The van der Waals surface area contributed by atoms with E-state index in [1.165, 1.54) is 12.1 Å². The van der Waals surface area contributed by atoms with E-state index in [9.17, 15) is 14.3 Å². The first-order valence-corrected chi connectivity index (χ1v) is 8.68. The average molecular weight is 382 g/mol. The second-order valence-electron chi connectivity index (χ2n) is 7.29. The predicted molar refractivity (Wildman–Crippen MR) is 95.4 cm³/mol. The molecule has 1 unspecified atom stereocenters. The fraction of sp³-hybridized carbons (Fsp3) is 0.444. The molecule has 1 aromatic heterocycles. The molecule has 2 aromatic rings. The first kappa shape index (κ1) is 18.7. The Bertz CT molecular complexity index is 832. The van der Waals surface area contributed by atoms with Crippen molar-refractivity contribution in [2.24, 2.45) is 0 Å². The van der Waals surface area contributed by atoms with E-state index in [2.05, 4.69) is 5.10 Å². The number of carbonyl (C=O) groups excluding carboxylic acids is 1. The van der Waals surface area contributed by atoms with Gasteiger partial charge in [0.15, 0.2) is 0 Å². The van der Waals surface area contributed by atoms with E-state index in [1.807, 2.05) is 6.07 Å². The molecule has 8 heteroatoms. The standard InChI is InChI=1S/C18H21ClFN3O3/c1-18(2,3)26-17(25)22-8-12-7-16(21-23(12)13(9-22)10-24)11-4-5-15(20)14(19)6-11/h4-7,13,24H,8-10H2,1-3H3. The molecule has 0 saturated heterocycles. The summed E-state index contributed by atoms with van der Waals surface area (Å²) < 4.78 is 20.5. The molecule has 6 nitrogen and oxygen atoms in total. The lowest BCUT2D eigenvalue weighted by Gasteiger charge is -2.34. The van der Waals surface area contributed by atoms with Crippen molar-refractivity contribution in [2.45, 2.75) is 39.0 Å². The van der Waals surface area contributed by atoms with Crippen LogP contribution < -0.4 is 0 Å². The minimum Gasteiger partial charge on any atom is -0.444 e. The number of amides is 1. The van der Waals surface area contributed by atoms with Gasteiger partial charge in [-0.1, -0.05) is 11.6 Å². The van der Waals surface area contributed by atoms with Gasteiger partial charge in [0.25, 0.3) is 0 Å². The third-order valence-electron chi connectivity index (χ3n) is 4.02. The molecule has 0 bridgehead atoms. The van der Waals surface area contributed by atoms with Crippen molar-refractivity contribution >= 4 is 17.7 Å². The van der Waals surface area contributed by atoms with Gasteiger partial charge in [0.2, 0.25) is 0 Å². The topological polar surface area (TPSA) is 67.6 Å². The molecule has 0 spiro atoms. The molecule has 3 rings (SSSR count). The molecular formula is C18H21ClFN3O3. The minimum atomic E-state index is -0.598. The summed E-state index contributed by atoms with van der Waals surface area (Å²) in [5.41, 5.74) is 1.43. The molecule has 140 valence electrons. The average Bonchev–Trinajstić information content (AvgIpc) is 2.98. The monoisotopic (exact) mass is 381 g/mol. The molecule has 1 aromatic carbocycles. The fourth-order valence-electron chi connectivity index (χ4n) is 2.86. The van der Waals surface area contributed by atoms with Crippen LogP contribution in [0, 0.1) is 5.82 Å². The van der Waals surface area contributed by atoms with E-state index in [-0.39, 0.29) is 17.7 Å². The van der Waals surface area contributed by atoms with Gasteiger partial charge in [0, 0.05) is 12.1 Å². The second kappa shape index (κ2) is 6.89. The summed E-state index contributed by atoms with van der Waals surface area (Å²) >= 11 is 5.85. The molecular weight excluding hydrogens is 361 g/mol. The number of ether oxygens (including phenoxy) is 1. The van der Waals surface area contributed by atoms with Crippen LogP contribution >= 0.6 is 11.6 Å². The third-order valence-corrected chi connectivity index (χ3v) is 4.31. The highest BCUT2D eigenvalue weighted by molar-refractivity contribution is 6.31. The van der Waals surface area contributed by atoms with Gasteiger partial charge in [-0.25, -0.2) is 9.18 Å². The Balaban J connectivity index is 1.89. The van der Waals surface area contributed by atoms with Crippen LogP contribution in [0.3, 0.4) is 0 Å². The molecule has 26 heavy (non-hydrogen) atoms. The Labute approximate surface area is 156 Å². The number of fused-ring (bicyclic) bond motifs is 1. The Kier molecular flexibility index (Phi) is 4.94. The number of halogens is 2. The summed E-state index contributed by atoms with van der Waals surface area (Å²) in [5, 5.41) is 14.2. The number of hydrogen-bond acceptors (Lipinski definition) is 4. The van der Waals surface area contributed by atoms with Gasteiger partial charge < -0.3 is 14.7 Å². The fourth-order valence-corrected chi connectivity index (χ4v) is 3.04. The van der Waals surface area contributed by atoms with Crippen molar-refractivity contribution in [3.63, 3.8) is 0 Å². The highest BCUT2D eigenvalue weighted by Crippen LogP contribution is 2.29. The minimum absolute atomic E-state index is 0.0163. The largest absolute Gasteiger partial charge is 0.444 e. The van der Waals surface area contributed by atoms with Gasteiger partial charge in [-0.05, 0) is 45.0 Å². The summed E-state index contributed by atoms with van der Waals surface area (Å²) in [6.45, 7) is 5.85. The molecule has 0 radical (unpaired) electrons. The molecule has 2 heterocycles. The first-order chi connectivity index (χ1) is 12.2. The quantitative estimate of drug-likeness (QED) is 0.862. The number of carbonyl (C=O) groups is 1. The maximum Gasteiger partial charge on any atom is 0.410 e. The van der Waals surface area contributed by atoms with Crippen molar-refractivity contribution in [3.05, 3.63) is 40.8 Å². The number of aliphatic hydroxyl groups excluding tert-OH is 1. The van der Waals surface area contributed by atoms with Gasteiger partial charge in [-0.3, -0.25) is 4.68 Å². The van der Waals surface area contributed by atoms with Crippen LogP contribution in [-0.2, 0) is 11.3 Å². The zero-order valence-corrected chi connectivity index (χ0v) is 15.6. The van der Waals surface area contributed by atoms with Gasteiger partial charge in [0.05, 0.1) is 35.6 Å². The van der Waals surface area contributed by atoms with Crippen molar-refractivity contribution in [3.8, 4) is 11.3 Å². The molecule has 0 saturated carbocycles. The number of hydrogen-bond donors (Lipinski definition) is 1. The molecule has 0 fully saturated rings.